The van der Waals surface area contributed by atoms with E-state index in [-0.39, 0.29) is 0 Å². The molecule has 0 bridgehead atoms. The molecule has 0 aliphatic heterocycles. The minimum atomic E-state index is -1.28. The van der Waals surface area contributed by atoms with Crippen LogP contribution < -0.4 is 4.74 Å². The minimum absolute atomic E-state index is 0.558. The summed E-state index contributed by atoms with van der Waals surface area (Å²) in [5.41, 5.74) is 3.28. The standard InChI is InChI=1S/C21H24N2O3/c1-5-12-23-18-7-6-16(26-21(3,4)20(24)25)13-17(18)14(2)19(23)15-8-10-22-11-9-15/h6-11,13H,5,12H2,1-4H3,(H,24,25). The number of aromatic nitrogens is 2. The maximum absolute atomic E-state index is 11.3. The van der Waals surface area contributed by atoms with Gasteiger partial charge in [-0.1, -0.05) is 6.92 Å². The number of ether oxygens (including phenoxy) is 1. The first-order chi connectivity index (χ1) is 12.3. The van der Waals surface area contributed by atoms with E-state index < -0.39 is 11.6 Å². The highest BCUT2D eigenvalue weighted by atomic mass is 16.5. The molecule has 136 valence electrons. The molecule has 26 heavy (non-hydrogen) atoms. The number of aryl methyl sites for hydroxylation is 2. The van der Waals surface area contributed by atoms with Crippen molar-refractivity contribution >= 4 is 16.9 Å². The van der Waals surface area contributed by atoms with E-state index in [9.17, 15) is 9.90 Å². The van der Waals surface area contributed by atoms with Gasteiger partial charge in [-0.3, -0.25) is 4.98 Å². The molecule has 0 saturated heterocycles. The molecule has 0 unspecified atom stereocenters. The SMILES string of the molecule is CCCn1c(-c2ccncc2)c(C)c2cc(OC(C)(C)C(=O)O)ccc21. The monoisotopic (exact) mass is 352 g/mol. The number of carbonyl (C=O) groups is 1. The van der Waals surface area contributed by atoms with Crippen LogP contribution in [-0.4, -0.2) is 26.2 Å². The fourth-order valence-electron chi connectivity index (χ4n) is 3.24. The number of rotatable bonds is 6. The lowest BCUT2D eigenvalue weighted by Crippen LogP contribution is -2.37. The van der Waals surface area contributed by atoms with Crippen LogP contribution in [0, 0.1) is 6.92 Å². The van der Waals surface area contributed by atoms with Crippen LogP contribution in [0.2, 0.25) is 0 Å². The molecule has 5 nitrogen and oxygen atoms in total. The van der Waals surface area contributed by atoms with Crippen LogP contribution in [0.4, 0.5) is 0 Å². The van der Waals surface area contributed by atoms with E-state index in [2.05, 4.69) is 23.4 Å². The average Bonchev–Trinajstić information content (AvgIpc) is 2.87. The smallest absolute Gasteiger partial charge is 0.347 e. The van der Waals surface area contributed by atoms with Gasteiger partial charge in [-0.2, -0.15) is 0 Å². The molecule has 0 amide bonds. The molecular weight excluding hydrogens is 328 g/mol. The first kappa shape index (κ1) is 18.0. The van der Waals surface area contributed by atoms with Crippen LogP contribution in [0.3, 0.4) is 0 Å². The molecule has 2 heterocycles. The van der Waals surface area contributed by atoms with Crippen molar-refractivity contribution in [3.63, 3.8) is 0 Å². The largest absolute Gasteiger partial charge is 0.478 e. The van der Waals surface area contributed by atoms with Crippen molar-refractivity contribution in [1.29, 1.82) is 0 Å². The third-order valence-corrected chi connectivity index (χ3v) is 4.58. The highest BCUT2D eigenvalue weighted by Crippen LogP contribution is 2.35. The highest BCUT2D eigenvalue weighted by Gasteiger charge is 2.29. The fraction of sp³-hybridized carbons (Fsp3) is 0.333. The van der Waals surface area contributed by atoms with Gasteiger partial charge >= 0.3 is 5.97 Å². The molecule has 0 radical (unpaired) electrons. The molecule has 5 heteroatoms. The van der Waals surface area contributed by atoms with Crippen molar-refractivity contribution in [2.75, 3.05) is 0 Å². The number of carboxylic acids is 1. The molecule has 0 aliphatic carbocycles. The van der Waals surface area contributed by atoms with Crippen LogP contribution >= 0.6 is 0 Å². The third kappa shape index (κ3) is 3.17. The lowest BCUT2D eigenvalue weighted by molar-refractivity contribution is -0.152. The number of nitrogens with zero attached hydrogens (tertiary/aromatic N) is 2. The Morgan fingerprint density at radius 3 is 2.54 bits per heavy atom. The van der Waals surface area contributed by atoms with Crippen molar-refractivity contribution in [1.82, 2.24) is 9.55 Å². The molecule has 3 aromatic rings. The van der Waals surface area contributed by atoms with Crippen LogP contribution in [0.1, 0.15) is 32.8 Å². The van der Waals surface area contributed by atoms with Crippen LogP contribution in [0.15, 0.2) is 42.7 Å². The van der Waals surface area contributed by atoms with Crippen molar-refractivity contribution in [2.24, 2.45) is 0 Å². The zero-order chi connectivity index (χ0) is 18.9. The fourth-order valence-corrected chi connectivity index (χ4v) is 3.24. The van der Waals surface area contributed by atoms with E-state index in [0.29, 0.717) is 5.75 Å². The summed E-state index contributed by atoms with van der Waals surface area (Å²) in [6, 6.07) is 9.81. The second-order valence-corrected chi connectivity index (χ2v) is 6.96. The van der Waals surface area contributed by atoms with Crippen LogP contribution in [0.5, 0.6) is 5.75 Å². The summed E-state index contributed by atoms with van der Waals surface area (Å²) >= 11 is 0. The molecule has 1 aromatic carbocycles. The van der Waals surface area contributed by atoms with Crippen molar-refractivity contribution < 1.29 is 14.6 Å². The lowest BCUT2D eigenvalue weighted by Gasteiger charge is -2.21. The Kier molecular flexibility index (Phi) is 4.72. The van der Waals surface area contributed by atoms with Gasteiger partial charge in [0, 0.05) is 35.4 Å². The number of benzene rings is 1. The van der Waals surface area contributed by atoms with Gasteiger partial charge in [0.25, 0.3) is 0 Å². The first-order valence-corrected chi connectivity index (χ1v) is 8.80. The van der Waals surface area contributed by atoms with Gasteiger partial charge in [-0.05, 0) is 63.1 Å². The van der Waals surface area contributed by atoms with Crippen molar-refractivity contribution in [3.05, 3.63) is 48.3 Å². The summed E-state index contributed by atoms with van der Waals surface area (Å²) < 4.78 is 8.03. The molecule has 0 atom stereocenters. The van der Waals surface area contributed by atoms with Crippen molar-refractivity contribution in [2.45, 2.75) is 46.3 Å². The molecule has 0 spiro atoms. The zero-order valence-corrected chi connectivity index (χ0v) is 15.6. The molecule has 0 saturated carbocycles. The van der Waals surface area contributed by atoms with Crippen LogP contribution in [0.25, 0.3) is 22.2 Å². The van der Waals surface area contributed by atoms with Gasteiger partial charge in [0.1, 0.15) is 5.75 Å². The lowest BCUT2D eigenvalue weighted by atomic mass is 10.1. The average molecular weight is 352 g/mol. The predicted octanol–water partition coefficient (Wildman–Crippen LogP) is 4.66. The van der Waals surface area contributed by atoms with E-state index in [1.165, 1.54) is 5.69 Å². The van der Waals surface area contributed by atoms with E-state index in [4.69, 9.17) is 4.74 Å². The quantitative estimate of drug-likeness (QED) is 0.700. The highest BCUT2D eigenvalue weighted by molar-refractivity contribution is 5.92. The van der Waals surface area contributed by atoms with Gasteiger partial charge in [-0.15, -0.1) is 0 Å². The number of fused-ring (bicyclic) bond motifs is 1. The Morgan fingerprint density at radius 2 is 1.92 bits per heavy atom. The zero-order valence-electron chi connectivity index (χ0n) is 15.6. The van der Waals surface area contributed by atoms with E-state index >= 15 is 0 Å². The van der Waals surface area contributed by atoms with E-state index in [1.54, 1.807) is 26.2 Å². The Balaban J connectivity index is 2.16. The van der Waals surface area contributed by atoms with Crippen molar-refractivity contribution in [3.8, 4) is 17.0 Å². The van der Waals surface area contributed by atoms with Gasteiger partial charge in [-0.25, -0.2) is 4.79 Å². The summed E-state index contributed by atoms with van der Waals surface area (Å²) in [5, 5.41) is 10.4. The molecular formula is C21H24N2O3. The Bertz CT molecular complexity index is 943. The van der Waals surface area contributed by atoms with Gasteiger partial charge < -0.3 is 14.4 Å². The summed E-state index contributed by atoms with van der Waals surface area (Å²) in [4.78, 5) is 15.5. The second-order valence-electron chi connectivity index (χ2n) is 6.96. The summed E-state index contributed by atoms with van der Waals surface area (Å²) in [5.74, 6) is -0.432. The summed E-state index contributed by atoms with van der Waals surface area (Å²) in [6.45, 7) is 8.26. The Morgan fingerprint density at radius 1 is 1.23 bits per heavy atom. The maximum Gasteiger partial charge on any atom is 0.347 e. The second kappa shape index (κ2) is 6.83. The number of hydrogen-bond acceptors (Lipinski definition) is 3. The molecule has 3 rings (SSSR count). The number of hydrogen-bond donors (Lipinski definition) is 1. The van der Waals surface area contributed by atoms with Gasteiger partial charge in [0.2, 0.25) is 0 Å². The number of pyridine rings is 1. The third-order valence-electron chi connectivity index (χ3n) is 4.58. The molecule has 0 fully saturated rings. The maximum atomic E-state index is 11.3. The number of aliphatic carboxylic acids is 1. The topological polar surface area (TPSA) is 64.4 Å². The normalized spacial score (nSPS) is 11.7. The Labute approximate surface area is 153 Å². The van der Waals surface area contributed by atoms with Crippen LogP contribution in [-0.2, 0) is 11.3 Å². The minimum Gasteiger partial charge on any atom is -0.478 e. The molecule has 1 N–H and O–H groups in total. The van der Waals surface area contributed by atoms with E-state index in [0.717, 1.165) is 35.0 Å². The Hall–Kier alpha value is -2.82. The molecule has 0 aliphatic rings. The molecule has 2 aromatic heterocycles. The van der Waals surface area contributed by atoms with E-state index in [1.807, 2.05) is 30.3 Å². The van der Waals surface area contributed by atoms with Gasteiger partial charge in [0.05, 0.1) is 5.69 Å². The summed E-state index contributed by atoms with van der Waals surface area (Å²) in [6.07, 6.45) is 4.62. The number of carboxylic acid groups (broad SMARTS) is 1. The predicted molar refractivity (Wildman–Crippen MR) is 103 cm³/mol. The first-order valence-electron chi connectivity index (χ1n) is 8.80. The summed E-state index contributed by atoms with van der Waals surface area (Å²) in [7, 11) is 0. The van der Waals surface area contributed by atoms with Gasteiger partial charge in [0.15, 0.2) is 5.60 Å².